The molecule has 0 heterocycles. The molecule has 0 aliphatic rings. The second-order valence-electron chi connectivity index (χ2n) is 2.64. The molecule has 0 aromatic heterocycles. The van der Waals surface area contributed by atoms with E-state index in [1.807, 2.05) is 6.92 Å². The largest absolute Gasteiger partial charge is 0.294 e. The van der Waals surface area contributed by atoms with Gasteiger partial charge in [-0.2, -0.15) is 0 Å². The summed E-state index contributed by atoms with van der Waals surface area (Å²) < 4.78 is 0.921. The van der Waals surface area contributed by atoms with Gasteiger partial charge in [-0.05, 0) is 54.1 Å². The fourth-order valence-corrected chi connectivity index (χ4v) is 2.75. The predicted molar refractivity (Wildman–Crippen MR) is 58.9 cm³/mol. The van der Waals surface area contributed by atoms with Crippen molar-refractivity contribution >= 4 is 40.0 Å². The molecule has 0 unspecified atom stereocenters. The lowest BCUT2D eigenvalue weighted by Gasteiger charge is -2.04. The number of benzene rings is 1. The molecule has 1 rings (SSSR count). The maximum absolute atomic E-state index is 11.2. The summed E-state index contributed by atoms with van der Waals surface area (Å²) in [5, 5.41) is 0.682. The van der Waals surface area contributed by atoms with E-state index < -0.39 is 0 Å². The van der Waals surface area contributed by atoms with Gasteiger partial charge in [0.2, 0.25) is 0 Å². The second kappa shape index (κ2) is 3.75. The zero-order valence-electron chi connectivity index (χ0n) is 6.82. The third-order valence-electron chi connectivity index (χ3n) is 1.60. The topological polar surface area (TPSA) is 17.1 Å². The Labute approximate surface area is 90.3 Å². The van der Waals surface area contributed by atoms with Crippen LogP contribution in [-0.2, 0) is 0 Å². The van der Waals surface area contributed by atoms with Crippen LogP contribution in [0.25, 0.3) is 0 Å². The van der Waals surface area contributed by atoms with Gasteiger partial charge in [-0.15, -0.1) is 0 Å². The van der Waals surface area contributed by atoms with Crippen LogP contribution in [0.3, 0.4) is 0 Å². The molecular formula is C9H8ClIO. The first-order chi connectivity index (χ1) is 5.52. The molecule has 64 valence electrons. The van der Waals surface area contributed by atoms with Gasteiger partial charge in [0.05, 0.1) is 0 Å². The number of rotatable bonds is 1. The lowest BCUT2D eigenvalue weighted by molar-refractivity contribution is 0.101. The minimum absolute atomic E-state index is 0.0913. The number of Topliss-reactive ketones (excluding diaryl/α,β-unsaturated/α-hetero) is 1. The Balaban J connectivity index is 3.38. The van der Waals surface area contributed by atoms with Gasteiger partial charge in [0, 0.05) is 14.2 Å². The smallest absolute Gasteiger partial charge is 0.161 e. The molecule has 0 fully saturated rings. The summed E-state index contributed by atoms with van der Waals surface area (Å²) >= 11 is 7.93. The van der Waals surface area contributed by atoms with Gasteiger partial charge in [-0.1, -0.05) is 11.6 Å². The van der Waals surface area contributed by atoms with E-state index in [-0.39, 0.29) is 5.78 Å². The number of halogens is 2. The monoisotopic (exact) mass is 294 g/mol. The normalized spacial score (nSPS) is 10.0. The molecule has 0 N–H and O–H groups in total. The second-order valence-corrected chi connectivity index (χ2v) is 4.23. The maximum atomic E-state index is 11.2. The number of ketones is 1. The Kier molecular flexibility index (Phi) is 3.12. The van der Waals surface area contributed by atoms with E-state index in [1.165, 1.54) is 0 Å². The van der Waals surface area contributed by atoms with Crippen LogP contribution in [0.1, 0.15) is 22.8 Å². The summed E-state index contributed by atoms with van der Waals surface area (Å²) in [4.78, 5) is 11.2. The highest BCUT2D eigenvalue weighted by molar-refractivity contribution is 14.1. The van der Waals surface area contributed by atoms with E-state index in [9.17, 15) is 4.79 Å². The van der Waals surface area contributed by atoms with Crippen LogP contribution in [0.5, 0.6) is 0 Å². The van der Waals surface area contributed by atoms with Crippen molar-refractivity contribution in [2.75, 3.05) is 0 Å². The van der Waals surface area contributed by atoms with E-state index in [4.69, 9.17) is 11.6 Å². The van der Waals surface area contributed by atoms with Gasteiger partial charge in [-0.3, -0.25) is 4.79 Å². The van der Waals surface area contributed by atoms with Gasteiger partial charge >= 0.3 is 0 Å². The standard InChI is InChI=1S/C9H8ClIO/c1-5-3-7(10)4-8(11)9(5)6(2)12/h3-4H,1-2H3. The Hall–Kier alpha value is -0.0900. The summed E-state index contributed by atoms with van der Waals surface area (Å²) in [6, 6.07) is 3.60. The summed E-state index contributed by atoms with van der Waals surface area (Å²) in [7, 11) is 0. The zero-order chi connectivity index (χ0) is 9.30. The van der Waals surface area contributed by atoms with Crippen molar-refractivity contribution in [2.45, 2.75) is 13.8 Å². The summed E-state index contributed by atoms with van der Waals surface area (Å²) in [6.07, 6.45) is 0. The number of carbonyl (C=O) groups is 1. The molecule has 1 aromatic rings. The van der Waals surface area contributed by atoms with Crippen LogP contribution in [0.15, 0.2) is 12.1 Å². The van der Waals surface area contributed by atoms with Crippen LogP contribution >= 0.6 is 34.2 Å². The van der Waals surface area contributed by atoms with E-state index in [2.05, 4.69) is 22.6 Å². The van der Waals surface area contributed by atoms with Crippen molar-refractivity contribution in [3.63, 3.8) is 0 Å². The molecule has 0 aliphatic carbocycles. The van der Waals surface area contributed by atoms with Gasteiger partial charge < -0.3 is 0 Å². The van der Waals surface area contributed by atoms with Gasteiger partial charge in [0.15, 0.2) is 5.78 Å². The quantitative estimate of drug-likeness (QED) is 0.573. The van der Waals surface area contributed by atoms with Crippen molar-refractivity contribution in [3.8, 4) is 0 Å². The van der Waals surface area contributed by atoms with Gasteiger partial charge in [-0.25, -0.2) is 0 Å². The molecule has 0 radical (unpaired) electrons. The maximum Gasteiger partial charge on any atom is 0.161 e. The summed E-state index contributed by atoms with van der Waals surface area (Å²) in [6.45, 7) is 3.46. The predicted octanol–water partition coefficient (Wildman–Crippen LogP) is 3.46. The Bertz CT molecular complexity index is 310. The Morgan fingerprint density at radius 2 is 2.08 bits per heavy atom. The fourth-order valence-electron chi connectivity index (χ4n) is 1.15. The molecule has 0 atom stereocenters. The van der Waals surface area contributed by atoms with E-state index in [0.29, 0.717) is 5.02 Å². The average molecular weight is 295 g/mol. The summed E-state index contributed by atoms with van der Waals surface area (Å²) in [5.74, 6) is 0.0913. The first-order valence-corrected chi connectivity index (χ1v) is 4.94. The average Bonchev–Trinajstić information content (AvgIpc) is 1.82. The minimum atomic E-state index is 0.0913. The molecule has 3 heteroatoms. The Morgan fingerprint density at radius 3 is 2.50 bits per heavy atom. The van der Waals surface area contributed by atoms with Crippen LogP contribution < -0.4 is 0 Å². The Morgan fingerprint density at radius 1 is 1.50 bits per heavy atom. The molecule has 0 saturated heterocycles. The molecule has 0 aliphatic heterocycles. The van der Waals surface area contributed by atoms with Crippen LogP contribution in [0.2, 0.25) is 5.02 Å². The molecule has 0 bridgehead atoms. The lowest BCUT2D eigenvalue weighted by atomic mass is 10.1. The molecule has 1 aromatic carbocycles. The number of carbonyl (C=O) groups excluding carboxylic acids is 1. The highest BCUT2D eigenvalue weighted by atomic mass is 127. The van der Waals surface area contributed by atoms with Crippen LogP contribution in [-0.4, -0.2) is 5.78 Å². The third-order valence-corrected chi connectivity index (χ3v) is 2.67. The number of hydrogen-bond donors (Lipinski definition) is 0. The fraction of sp³-hybridized carbons (Fsp3) is 0.222. The highest BCUT2D eigenvalue weighted by Gasteiger charge is 2.08. The van der Waals surface area contributed by atoms with E-state index >= 15 is 0 Å². The molecule has 0 spiro atoms. The van der Waals surface area contributed by atoms with E-state index in [1.54, 1.807) is 19.1 Å². The third kappa shape index (κ3) is 1.98. The first kappa shape index (κ1) is 9.99. The lowest BCUT2D eigenvalue weighted by Crippen LogP contribution is -1.99. The molecule has 0 amide bonds. The number of aryl methyl sites for hydroxylation is 1. The molecule has 1 nitrogen and oxygen atoms in total. The summed E-state index contributed by atoms with van der Waals surface area (Å²) in [5.41, 5.74) is 1.72. The van der Waals surface area contributed by atoms with E-state index in [0.717, 1.165) is 14.7 Å². The number of hydrogen-bond acceptors (Lipinski definition) is 1. The first-order valence-electron chi connectivity index (χ1n) is 3.49. The van der Waals surface area contributed by atoms with Crippen molar-refractivity contribution in [1.29, 1.82) is 0 Å². The minimum Gasteiger partial charge on any atom is -0.294 e. The van der Waals surface area contributed by atoms with Crippen molar-refractivity contribution in [2.24, 2.45) is 0 Å². The van der Waals surface area contributed by atoms with Crippen molar-refractivity contribution < 1.29 is 4.79 Å². The van der Waals surface area contributed by atoms with Gasteiger partial charge in [0.1, 0.15) is 0 Å². The van der Waals surface area contributed by atoms with Crippen LogP contribution in [0.4, 0.5) is 0 Å². The van der Waals surface area contributed by atoms with Crippen molar-refractivity contribution in [1.82, 2.24) is 0 Å². The highest BCUT2D eigenvalue weighted by Crippen LogP contribution is 2.22. The zero-order valence-corrected chi connectivity index (χ0v) is 9.73. The van der Waals surface area contributed by atoms with Crippen molar-refractivity contribution in [3.05, 3.63) is 31.9 Å². The SMILES string of the molecule is CC(=O)c1c(C)cc(Cl)cc1I. The molecule has 0 saturated carbocycles. The van der Waals surface area contributed by atoms with Crippen LogP contribution in [0, 0.1) is 10.5 Å². The molecular weight excluding hydrogens is 286 g/mol. The molecule has 12 heavy (non-hydrogen) atoms. The van der Waals surface area contributed by atoms with Gasteiger partial charge in [0.25, 0.3) is 0 Å².